The monoisotopic (exact) mass is 128 g/mol. The molecule has 0 saturated carbocycles. The SMILES string of the molecule is C=CCC(C=C)O[SiH3]. The fourth-order valence-corrected chi connectivity index (χ4v) is 0.838. The minimum absolute atomic E-state index is 0.208. The highest BCUT2D eigenvalue weighted by molar-refractivity contribution is 5.98. The van der Waals surface area contributed by atoms with Crippen LogP contribution in [0.2, 0.25) is 0 Å². The lowest BCUT2D eigenvalue weighted by Crippen LogP contribution is -2.04. The van der Waals surface area contributed by atoms with E-state index in [9.17, 15) is 0 Å². The summed E-state index contributed by atoms with van der Waals surface area (Å²) in [5.74, 6) is 0. The molecule has 0 aliphatic carbocycles. The smallest absolute Gasteiger partial charge is 0.146 e. The summed E-state index contributed by atoms with van der Waals surface area (Å²) in [7, 11) is 0.777. The Morgan fingerprint density at radius 2 is 2.25 bits per heavy atom. The molecule has 46 valence electrons. The first kappa shape index (κ1) is 7.66. The first-order valence-electron chi connectivity index (χ1n) is 2.61. The molecule has 1 atom stereocenters. The molecule has 0 rings (SSSR count). The Kier molecular flexibility index (Phi) is 4.60. The zero-order chi connectivity index (χ0) is 6.41. The fraction of sp³-hybridized carbons (Fsp3) is 0.333. The molecule has 2 heteroatoms. The maximum absolute atomic E-state index is 5.09. The van der Waals surface area contributed by atoms with Crippen LogP contribution in [-0.4, -0.2) is 16.6 Å². The van der Waals surface area contributed by atoms with Crippen molar-refractivity contribution in [1.29, 1.82) is 0 Å². The third kappa shape index (κ3) is 2.77. The van der Waals surface area contributed by atoms with Crippen molar-refractivity contribution < 1.29 is 4.43 Å². The van der Waals surface area contributed by atoms with Gasteiger partial charge in [0, 0.05) is 0 Å². The van der Waals surface area contributed by atoms with Crippen LogP contribution in [0.1, 0.15) is 6.42 Å². The highest BCUT2D eigenvalue weighted by Gasteiger charge is 1.93. The van der Waals surface area contributed by atoms with Crippen molar-refractivity contribution in [3.63, 3.8) is 0 Å². The molecule has 0 radical (unpaired) electrons. The highest BCUT2D eigenvalue weighted by atomic mass is 28.2. The quantitative estimate of drug-likeness (QED) is 0.394. The Hall–Kier alpha value is -0.343. The zero-order valence-corrected chi connectivity index (χ0v) is 7.26. The van der Waals surface area contributed by atoms with Crippen molar-refractivity contribution in [2.75, 3.05) is 0 Å². The van der Waals surface area contributed by atoms with Crippen LogP contribution in [0.25, 0.3) is 0 Å². The van der Waals surface area contributed by atoms with Crippen molar-refractivity contribution in [2.24, 2.45) is 0 Å². The first-order chi connectivity index (χ1) is 3.85. The van der Waals surface area contributed by atoms with Gasteiger partial charge in [0.05, 0.1) is 6.10 Å². The molecule has 0 fully saturated rings. The van der Waals surface area contributed by atoms with E-state index < -0.39 is 0 Å². The van der Waals surface area contributed by atoms with E-state index in [0.29, 0.717) is 0 Å². The molecule has 0 aromatic heterocycles. The molecule has 0 bridgehead atoms. The average molecular weight is 128 g/mol. The number of hydrogen-bond donors (Lipinski definition) is 0. The van der Waals surface area contributed by atoms with Crippen LogP contribution >= 0.6 is 0 Å². The maximum atomic E-state index is 5.09. The summed E-state index contributed by atoms with van der Waals surface area (Å²) in [6.45, 7) is 7.18. The summed E-state index contributed by atoms with van der Waals surface area (Å²) in [6.07, 6.45) is 4.73. The van der Waals surface area contributed by atoms with Gasteiger partial charge in [-0.05, 0) is 6.42 Å². The molecule has 0 N–H and O–H groups in total. The molecule has 0 amide bonds. The van der Waals surface area contributed by atoms with Gasteiger partial charge in [0.2, 0.25) is 0 Å². The Morgan fingerprint density at radius 3 is 2.38 bits per heavy atom. The topological polar surface area (TPSA) is 9.23 Å². The first-order valence-corrected chi connectivity index (χ1v) is 3.43. The Balaban J connectivity index is 3.35. The van der Waals surface area contributed by atoms with E-state index >= 15 is 0 Å². The second-order valence-corrected chi connectivity index (χ2v) is 2.01. The molecule has 8 heavy (non-hydrogen) atoms. The van der Waals surface area contributed by atoms with Gasteiger partial charge in [-0.25, -0.2) is 0 Å². The van der Waals surface area contributed by atoms with Crippen LogP contribution in [0.3, 0.4) is 0 Å². The Morgan fingerprint density at radius 1 is 1.62 bits per heavy atom. The van der Waals surface area contributed by atoms with Gasteiger partial charge in [0.25, 0.3) is 0 Å². The van der Waals surface area contributed by atoms with Crippen LogP contribution < -0.4 is 0 Å². The second kappa shape index (κ2) is 4.81. The van der Waals surface area contributed by atoms with Crippen molar-refractivity contribution in [2.45, 2.75) is 12.5 Å². The van der Waals surface area contributed by atoms with Gasteiger partial charge in [-0.15, -0.1) is 13.2 Å². The minimum atomic E-state index is 0.208. The predicted octanol–water partition coefficient (Wildman–Crippen LogP) is 0.414. The molecule has 0 aromatic rings. The molecule has 0 heterocycles. The summed E-state index contributed by atoms with van der Waals surface area (Å²) in [5.41, 5.74) is 0. The predicted molar refractivity (Wildman–Crippen MR) is 39.8 cm³/mol. The van der Waals surface area contributed by atoms with E-state index in [4.69, 9.17) is 4.43 Å². The molecule has 1 nitrogen and oxygen atoms in total. The largest absolute Gasteiger partial charge is 0.421 e. The van der Waals surface area contributed by atoms with Crippen LogP contribution in [-0.2, 0) is 4.43 Å². The molecular weight excluding hydrogens is 116 g/mol. The molecule has 0 aromatic carbocycles. The maximum Gasteiger partial charge on any atom is 0.146 e. The summed E-state index contributed by atoms with van der Waals surface area (Å²) >= 11 is 0. The van der Waals surface area contributed by atoms with E-state index in [1.54, 1.807) is 6.08 Å². The van der Waals surface area contributed by atoms with Gasteiger partial charge in [-0.2, -0.15) is 0 Å². The number of hydrogen-bond acceptors (Lipinski definition) is 1. The van der Waals surface area contributed by atoms with Crippen molar-refractivity contribution in [1.82, 2.24) is 0 Å². The summed E-state index contributed by atoms with van der Waals surface area (Å²) in [4.78, 5) is 0. The molecule has 1 unspecified atom stereocenters. The summed E-state index contributed by atoms with van der Waals surface area (Å²) in [5, 5.41) is 0. The standard InChI is InChI=1S/C6H12OSi/c1-3-5-6(4-2)7-8/h3-4,6H,1-2,5H2,8H3. The summed E-state index contributed by atoms with van der Waals surface area (Å²) < 4.78 is 5.09. The highest BCUT2D eigenvalue weighted by Crippen LogP contribution is 1.96. The normalized spacial score (nSPS) is 13.0. The second-order valence-electron chi connectivity index (χ2n) is 1.53. The molecular formula is C6H12OSi. The third-order valence-electron chi connectivity index (χ3n) is 0.965. The fourth-order valence-electron chi connectivity index (χ4n) is 0.453. The zero-order valence-electron chi connectivity index (χ0n) is 5.26. The van der Waals surface area contributed by atoms with Crippen LogP contribution in [0, 0.1) is 0 Å². The Labute approximate surface area is 53.6 Å². The van der Waals surface area contributed by atoms with Crippen molar-refractivity contribution in [3.05, 3.63) is 25.3 Å². The molecule has 0 spiro atoms. The lowest BCUT2D eigenvalue weighted by atomic mass is 10.2. The van der Waals surface area contributed by atoms with Gasteiger partial charge in [0.15, 0.2) is 0 Å². The molecule has 0 aliphatic heterocycles. The average Bonchev–Trinajstić information content (AvgIpc) is 1.83. The van der Waals surface area contributed by atoms with Crippen molar-refractivity contribution >= 4 is 10.5 Å². The van der Waals surface area contributed by atoms with Gasteiger partial charge in [-0.1, -0.05) is 12.2 Å². The molecule has 0 aliphatic rings. The number of rotatable bonds is 4. The van der Waals surface area contributed by atoms with Gasteiger partial charge in [0.1, 0.15) is 10.5 Å². The van der Waals surface area contributed by atoms with E-state index in [2.05, 4.69) is 13.2 Å². The lowest BCUT2D eigenvalue weighted by Gasteiger charge is -2.05. The van der Waals surface area contributed by atoms with E-state index in [-0.39, 0.29) is 6.10 Å². The van der Waals surface area contributed by atoms with Crippen LogP contribution in [0.4, 0.5) is 0 Å². The van der Waals surface area contributed by atoms with Gasteiger partial charge < -0.3 is 4.43 Å². The van der Waals surface area contributed by atoms with Gasteiger partial charge >= 0.3 is 0 Å². The third-order valence-corrected chi connectivity index (χ3v) is 1.57. The molecule has 0 saturated heterocycles. The minimum Gasteiger partial charge on any atom is -0.421 e. The van der Waals surface area contributed by atoms with E-state index in [1.165, 1.54) is 0 Å². The van der Waals surface area contributed by atoms with E-state index in [1.807, 2.05) is 6.08 Å². The Bertz CT molecular complexity index is 80.6. The van der Waals surface area contributed by atoms with Gasteiger partial charge in [-0.3, -0.25) is 0 Å². The lowest BCUT2D eigenvalue weighted by molar-refractivity contribution is 0.279. The van der Waals surface area contributed by atoms with Crippen LogP contribution in [0.5, 0.6) is 0 Å². The van der Waals surface area contributed by atoms with Crippen molar-refractivity contribution in [3.8, 4) is 0 Å². The van der Waals surface area contributed by atoms with Crippen LogP contribution in [0.15, 0.2) is 25.3 Å². The van der Waals surface area contributed by atoms with E-state index in [0.717, 1.165) is 16.9 Å². The summed E-state index contributed by atoms with van der Waals surface area (Å²) in [6, 6.07) is 0.